The van der Waals surface area contributed by atoms with Gasteiger partial charge in [-0.25, -0.2) is 4.98 Å². The molecule has 2 heterocycles. The lowest BCUT2D eigenvalue weighted by molar-refractivity contribution is -0.146. The molecule has 4 fully saturated rings. The van der Waals surface area contributed by atoms with Gasteiger partial charge in [0.25, 0.3) is 0 Å². The molecule has 0 aliphatic heterocycles. The van der Waals surface area contributed by atoms with Crippen LogP contribution in [0.15, 0.2) is 59.8 Å². The van der Waals surface area contributed by atoms with Crippen molar-refractivity contribution >= 4 is 50.3 Å². The number of amides is 2. The lowest BCUT2D eigenvalue weighted by atomic mass is 9.49. The molecule has 200 valence electrons. The molecule has 8 nitrogen and oxygen atoms in total. The van der Waals surface area contributed by atoms with E-state index >= 15 is 0 Å². The van der Waals surface area contributed by atoms with Crippen molar-refractivity contribution in [1.29, 1.82) is 0 Å². The Morgan fingerprint density at radius 2 is 1.64 bits per heavy atom. The molecule has 0 spiro atoms. The van der Waals surface area contributed by atoms with Crippen LogP contribution in [0, 0.1) is 23.2 Å². The van der Waals surface area contributed by atoms with Gasteiger partial charge >= 0.3 is 0 Å². The van der Waals surface area contributed by atoms with Gasteiger partial charge in [0.15, 0.2) is 16.1 Å². The van der Waals surface area contributed by atoms with Gasteiger partial charge in [0, 0.05) is 11.1 Å². The Bertz CT molecular complexity index is 1460. The van der Waals surface area contributed by atoms with Crippen molar-refractivity contribution in [1.82, 2.24) is 25.1 Å². The van der Waals surface area contributed by atoms with Gasteiger partial charge in [0.1, 0.15) is 0 Å². The Hall–Kier alpha value is -3.24. The van der Waals surface area contributed by atoms with Gasteiger partial charge in [-0.2, -0.15) is 0 Å². The van der Waals surface area contributed by atoms with Crippen molar-refractivity contribution in [2.75, 3.05) is 11.1 Å². The zero-order valence-corrected chi connectivity index (χ0v) is 23.1. The molecule has 2 aromatic carbocycles. The summed E-state index contributed by atoms with van der Waals surface area (Å²) >= 11 is 2.78. The molecule has 2 N–H and O–H groups in total. The summed E-state index contributed by atoms with van der Waals surface area (Å²) in [5.41, 5.74) is 1.56. The molecule has 39 heavy (non-hydrogen) atoms. The van der Waals surface area contributed by atoms with Crippen molar-refractivity contribution < 1.29 is 9.59 Å². The summed E-state index contributed by atoms with van der Waals surface area (Å²) in [7, 11) is 0. The number of hydrogen-bond donors (Lipinski definition) is 2. The summed E-state index contributed by atoms with van der Waals surface area (Å²) < 4.78 is 2.97. The van der Waals surface area contributed by atoms with Gasteiger partial charge in [0.05, 0.1) is 22.5 Å². The summed E-state index contributed by atoms with van der Waals surface area (Å²) in [6.07, 6.45) is 7.01. The quantitative estimate of drug-likeness (QED) is 0.279. The van der Waals surface area contributed by atoms with Crippen molar-refractivity contribution in [3.8, 4) is 5.69 Å². The summed E-state index contributed by atoms with van der Waals surface area (Å²) in [6, 6.07) is 17.7. The minimum Gasteiger partial charge on any atom is -0.348 e. The Morgan fingerprint density at radius 1 is 0.949 bits per heavy atom. The second-order valence-corrected chi connectivity index (χ2v) is 13.2. The third-order valence-corrected chi connectivity index (χ3v) is 10.4. The molecule has 2 amide bonds. The smallest absolute Gasteiger partial charge is 0.236 e. The number of benzene rings is 2. The minimum atomic E-state index is -0.206. The number of nitrogens with one attached hydrogen (secondary N) is 2. The first-order valence-corrected chi connectivity index (χ1v) is 15.4. The van der Waals surface area contributed by atoms with Crippen LogP contribution in [0.4, 0.5) is 5.13 Å². The molecule has 4 aliphatic carbocycles. The highest BCUT2D eigenvalue weighted by Gasteiger charge is 2.54. The third-order valence-electron chi connectivity index (χ3n) is 8.51. The average Bonchev–Trinajstić information content (AvgIpc) is 3.53. The first-order valence-electron chi connectivity index (χ1n) is 13.6. The second kappa shape index (κ2) is 10.1. The number of thioether (sulfide) groups is 1. The summed E-state index contributed by atoms with van der Waals surface area (Å²) in [6.45, 7) is 0.306. The monoisotopic (exact) mass is 558 g/mol. The number of nitrogens with zero attached hydrogens (tertiary/aromatic N) is 4. The fraction of sp³-hybridized carbons (Fsp3) is 0.414. The lowest BCUT2D eigenvalue weighted by Gasteiger charge is -2.55. The van der Waals surface area contributed by atoms with Crippen LogP contribution >= 0.6 is 23.1 Å². The van der Waals surface area contributed by atoms with E-state index in [9.17, 15) is 9.59 Å². The lowest BCUT2D eigenvalue weighted by Crippen LogP contribution is -2.53. The fourth-order valence-corrected chi connectivity index (χ4v) is 8.94. The van der Waals surface area contributed by atoms with Crippen LogP contribution in [-0.2, 0) is 16.1 Å². The van der Waals surface area contributed by atoms with E-state index in [2.05, 4.69) is 25.8 Å². The number of carbonyl (C=O) groups is 2. The molecule has 2 aromatic heterocycles. The predicted molar refractivity (Wildman–Crippen MR) is 153 cm³/mol. The molecule has 4 bridgehead atoms. The van der Waals surface area contributed by atoms with Crippen molar-refractivity contribution in [2.24, 2.45) is 23.2 Å². The van der Waals surface area contributed by atoms with Gasteiger partial charge in [0.2, 0.25) is 11.8 Å². The standard InChI is InChI=1S/C29H30N6O2S2/c36-25(32-27-31-22-8-4-5-9-23(22)39-27)17-38-28-34-33-24(35(28)21-6-2-1-3-7-21)16-30-26(37)29-13-18-10-19(14-29)12-20(11-18)15-29/h1-9,18-20H,10-17H2,(H,30,37)(H,31,32,36). The highest BCUT2D eigenvalue weighted by atomic mass is 32.2. The van der Waals surface area contributed by atoms with Crippen LogP contribution in [0.2, 0.25) is 0 Å². The van der Waals surface area contributed by atoms with E-state index in [0.29, 0.717) is 40.4 Å². The van der Waals surface area contributed by atoms with Crippen LogP contribution in [0.5, 0.6) is 0 Å². The van der Waals surface area contributed by atoms with E-state index in [4.69, 9.17) is 0 Å². The average molecular weight is 559 g/mol. The molecule has 8 rings (SSSR count). The van der Waals surface area contributed by atoms with E-state index in [-0.39, 0.29) is 23.0 Å². The number of aromatic nitrogens is 4. The van der Waals surface area contributed by atoms with Crippen LogP contribution in [0.3, 0.4) is 0 Å². The maximum absolute atomic E-state index is 13.5. The van der Waals surface area contributed by atoms with Gasteiger partial charge in [-0.1, -0.05) is 53.4 Å². The first kappa shape index (κ1) is 24.8. The van der Waals surface area contributed by atoms with E-state index in [1.807, 2.05) is 59.2 Å². The first-order chi connectivity index (χ1) is 19.0. The summed E-state index contributed by atoms with van der Waals surface area (Å²) in [5, 5.41) is 16.2. The maximum atomic E-state index is 13.5. The highest BCUT2D eigenvalue weighted by molar-refractivity contribution is 7.99. The molecule has 10 heteroatoms. The Labute approximate surface area is 235 Å². The van der Waals surface area contributed by atoms with Crippen LogP contribution < -0.4 is 10.6 Å². The molecule has 4 saturated carbocycles. The highest BCUT2D eigenvalue weighted by Crippen LogP contribution is 2.60. The third kappa shape index (κ3) is 4.84. The van der Waals surface area contributed by atoms with Crippen LogP contribution in [0.1, 0.15) is 44.3 Å². The number of para-hydroxylation sites is 2. The zero-order chi connectivity index (χ0) is 26.4. The number of fused-ring (bicyclic) bond motifs is 1. The minimum absolute atomic E-state index is 0.154. The van der Waals surface area contributed by atoms with Gasteiger partial charge in [-0.15, -0.1) is 10.2 Å². The normalized spacial score (nSPS) is 25.2. The number of thiazole rings is 1. The molecule has 0 radical (unpaired) electrons. The molecule has 0 atom stereocenters. The maximum Gasteiger partial charge on any atom is 0.236 e. The zero-order valence-electron chi connectivity index (χ0n) is 21.5. The topological polar surface area (TPSA) is 102 Å². The van der Waals surface area contributed by atoms with Crippen LogP contribution in [0.25, 0.3) is 15.9 Å². The second-order valence-electron chi connectivity index (χ2n) is 11.3. The number of anilines is 1. The van der Waals surface area contributed by atoms with Gasteiger partial charge in [-0.3, -0.25) is 14.2 Å². The van der Waals surface area contributed by atoms with Gasteiger partial charge in [-0.05, 0) is 80.5 Å². The van der Waals surface area contributed by atoms with E-state index in [1.54, 1.807) is 0 Å². The summed E-state index contributed by atoms with van der Waals surface area (Å²) in [4.78, 5) is 30.8. The Kier molecular flexibility index (Phi) is 6.39. The number of hydrogen-bond acceptors (Lipinski definition) is 7. The number of carbonyl (C=O) groups excluding carboxylic acids is 2. The van der Waals surface area contributed by atoms with Gasteiger partial charge < -0.3 is 10.6 Å². The van der Waals surface area contributed by atoms with Crippen LogP contribution in [-0.4, -0.2) is 37.3 Å². The molecule has 0 unspecified atom stereocenters. The molecule has 4 aromatic rings. The van der Waals surface area contributed by atoms with E-state index in [0.717, 1.165) is 35.2 Å². The van der Waals surface area contributed by atoms with Crippen molar-refractivity contribution in [3.05, 3.63) is 60.4 Å². The SMILES string of the molecule is O=C(CSc1nnc(CNC(=O)C23CC4CC(CC(C4)C2)C3)n1-c1ccccc1)Nc1nc2ccccc2s1. The predicted octanol–water partition coefficient (Wildman–Crippen LogP) is 5.44. The Morgan fingerprint density at radius 3 is 2.36 bits per heavy atom. The van der Waals surface area contributed by atoms with Crippen molar-refractivity contribution in [3.63, 3.8) is 0 Å². The van der Waals surface area contributed by atoms with Crippen molar-refractivity contribution in [2.45, 2.75) is 50.2 Å². The molecule has 0 saturated heterocycles. The fourth-order valence-electron chi connectivity index (χ4n) is 7.29. The largest absolute Gasteiger partial charge is 0.348 e. The summed E-state index contributed by atoms with van der Waals surface area (Å²) in [5.74, 6) is 2.99. The number of rotatable bonds is 8. The Balaban J connectivity index is 1.05. The molecule has 4 aliphatic rings. The molecular weight excluding hydrogens is 528 g/mol. The molecular formula is C29H30N6O2S2. The van der Waals surface area contributed by atoms with E-state index in [1.165, 1.54) is 42.4 Å². The van der Waals surface area contributed by atoms with E-state index < -0.39 is 0 Å².